The van der Waals surface area contributed by atoms with E-state index in [0.717, 1.165) is 6.54 Å². The molecule has 82 valence electrons. The average Bonchev–Trinajstić information content (AvgIpc) is 2.17. The molecule has 3 nitrogen and oxygen atoms in total. The standard InChI is InChI=1S/C11H15ClN2O/c1-14(2)7-6-13-11(15)9-4-3-5-10(12)8-9/h3-5,8H,6-7H2,1-2H3,(H,13,15)/p+1. The molecule has 0 atom stereocenters. The van der Waals surface area contributed by atoms with Gasteiger partial charge in [-0.3, -0.25) is 4.79 Å². The van der Waals surface area contributed by atoms with Gasteiger partial charge in [0.25, 0.3) is 5.91 Å². The second-order valence-electron chi connectivity index (χ2n) is 3.72. The van der Waals surface area contributed by atoms with Crippen LogP contribution in [0.3, 0.4) is 0 Å². The summed E-state index contributed by atoms with van der Waals surface area (Å²) in [6, 6.07) is 6.94. The first-order valence-corrected chi connectivity index (χ1v) is 5.30. The van der Waals surface area contributed by atoms with Crippen molar-refractivity contribution in [1.82, 2.24) is 5.32 Å². The molecule has 0 fully saturated rings. The second kappa shape index (κ2) is 5.73. The highest BCUT2D eigenvalue weighted by molar-refractivity contribution is 6.30. The van der Waals surface area contributed by atoms with E-state index in [1.54, 1.807) is 24.3 Å². The molecule has 0 saturated heterocycles. The summed E-state index contributed by atoms with van der Waals surface area (Å²) in [7, 11) is 4.09. The molecule has 0 bridgehead atoms. The highest BCUT2D eigenvalue weighted by Gasteiger charge is 2.05. The lowest BCUT2D eigenvalue weighted by molar-refractivity contribution is -0.856. The lowest BCUT2D eigenvalue weighted by Crippen LogP contribution is -3.06. The van der Waals surface area contributed by atoms with Crippen molar-refractivity contribution in [2.75, 3.05) is 27.2 Å². The number of benzene rings is 1. The van der Waals surface area contributed by atoms with E-state index < -0.39 is 0 Å². The van der Waals surface area contributed by atoms with Crippen LogP contribution in [-0.4, -0.2) is 33.1 Å². The molecule has 0 radical (unpaired) electrons. The maximum absolute atomic E-state index is 11.6. The van der Waals surface area contributed by atoms with Crippen LogP contribution >= 0.6 is 11.6 Å². The van der Waals surface area contributed by atoms with Gasteiger partial charge in [0, 0.05) is 10.6 Å². The number of rotatable bonds is 4. The van der Waals surface area contributed by atoms with Crippen LogP contribution in [0.1, 0.15) is 10.4 Å². The molecular weight excluding hydrogens is 212 g/mol. The minimum atomic E-state index is -0.0706. The van der Waals surface area contributed by atoms with Gasteiger partial charge in [-0.1, -0.05) is 17.7 Å². The SMILES string of the molecule is C[NH+](C)CCNC(=O)c1cccc(Cl)c1. The van der Waals surface area contributed by atoms with Crippen molar-refractivity contribution in [1.29, 1.82) is 0 Å². The van der Waals surface area contributed by atoms with Crippen LogP contribution in [0.15, 0.2) is 24.3 Å². The lowest BCUT2D eigenvalue weighted by Gasteiger charge is -2.08. The fraction of sp³-hybridized carbons (Fsp3) is 0.364. The Hall–Kier alpha value is -1.06. The predicted octanol–water partition coefficient (Wildman–Crippen LogP) is 0.214. The predicted molar refractivity (Wildman–Crippen MR) is 61.5 cm³/mol. The summed E-state index contributed by atoms with van der Waals surface area (Å²) in [5.74, 6) is -0.0706. The van der Waals surface area contributed by atoms with E-state index in [-0.39, 0.29) is 5.91 Å². The molecule has 0 aliphatic heterocycles. The summed E-state index contributed by atoms with van der Waals surface area (Å²) in [6.07, 6.45) is 0. The maximum Gasteiger partial charge on any atom is 0.251 e. The molecule has 0 saturated carbocycles. The van der Waals surface area contributed by atoms with Gasteiger partial charge in [-0.15, -0.1) is 0 Å². The van der Waals surface area contributed by atoms with Crippen molar-refractivity contribution in [2.45, 2.75) is 0 Å². The van der Waals surface area contributed by atoms with E-state index in [9.17, 15) is 4.79 Å². The van der Waals surface area contributed by atoms with E-state index >= 15 is 0 Å². The first-order valence-electron chi connectivity index (χ1n) is 4.92. The van der Waals surface area contributed by atoms with Crippen molar-refractivity contribution in [3.63, 3.8) is 0 Å². The molecular formula is C11H16ClN2O+. The quantitative estimate of drug-likeness (QED) is 0.758. The number of hydrogen-bond donors (Lipinski definition) is 2. The van der Waals surface area contributed by atoms with Crippen LogP contribution in [0.25, 0.3) is 0 Å². The van der Waals surface area contributed by atoms with Crippen LogP contribution in [-0.2, 0) is 0 Å². The number of likely N-dealkylation sites (N-methyl/N-ethyl adjacent to an activating group) is 1. The Morgan fingerprint density at radius 3 is 2.80 bits per heavy atom. The zero-order valence-corrected chi connectivity index (χ0v) is 9.77. The first-order chi connectivity index (χ1) is 7.09. The van der Waals surface area contributed by atoms with Gasteiger partial charge in [-0.05, 0) is 18.2 Å². The molecule has 2 N–H and O–H groups in total. The molecule has 1 aromatic rings. The Morgan fingerprint density at radius 1 is 1.47 bits per heavy atom. The van der Waals surface area contributed by atoms with Gasteiger partial charge in [-0.2, -0.15) is 0 Å². The average molecular weight is 228 g/mol. The fourth-order valence-electron chi connectivity index (χ4n) is 1.16. The van der Waals surface area contributed by atoms with Crippen molar-refractivity contribution >= 4 is 17.5 Å². The van der Waals surface area contributed by atoms with Gasteiger partial charge in [-0.25, -0.2) is 0 Å². The van der Waals surface area contributed by atoms with Crippen LogP contribution in [0.2, 0.25) is 5.02 Å². The maximum atomic E-state index is 11.6. The normalized spacial score (nSPS) is 10.4. The largest absolute Gasteiger partial charge is 0.346 e. The Labute approximate surface area is 95.0 Å². The van der Waals surface area contributed by atoms with E-state index in [1.807, 2.05) is 14.1 Å². The summed E-state index contributed by atoms with van der Waals surface area (Å²) in [5, 5.41) is 3.42. The van der Waals surface area contributed by atoms with E-state index in [1.165, 1.54) is 4.90 Å². The minimum Gasteiger partial charge on any atom is -0.346 e. The topological polar surface area (TPSA) is 33.5 Å². The minimum absolute atomic E-state index is 0.0706. The van der Waals surface area contributed by atoms with Crippen LogP contribution in [0.5, 0.6) is 0 Å². The molecule has 0 aromatic heterocycles. The number of amides is 1. The smallest absolute Gasteiger partial charge is 0.251 e. The van der Waals surface area contributed by atoms with E-state index in [0.29, 0.717) is 17.1 Å². The zero-order chi connectivity index (χ0) is 11.3. The Bertz CT molecular complexity index is 339. The van der Waals surface area contributed by atoms with Crippen molar-refractivity contribution in [3.8, 4) is 0 Å². The second-order valence-corrected chi connectivity index (χ2v) is 4.16. The third-order valence-corrected chi connectivity index (χ3v) is 2.23. The molecule has 4 heteroatoms. The molecule has 0 heterocycles. The number of carbonyl (C=O) groups is 1. The molecule has 0 aliphatic carbocycles. The summed E-state index contributed by atoms with van der Waals surface area (Å²) in [6.45, 7) is 1.58. The Morgan fingerprint density at radius 2 is 2.20 bits per heavy atom. The van der Waals surface area contributed by atoms with Gasteiger partial charge in [0.15, 0.2) is 0 Å². The van der Waals surface area contributed by atoms with Gasteiger partial charge < -0.3 is 10.2 Å². The summed E-state index contributed by atoms with van der Waals surface area (Å²) in [4.78, 5) is 12.9. The van der Waals surface area contributed by atoms with Gasteiger partial charge in [0.1, 0.15) is 0 Å². The van der Waals surface area contributed by atoms with Gasteiger partial charge in [0.05, 0.1) is 27.2 Å². The number of halogens is 1. The monoisotopic (exact) mass is 227 g/mol. The van der Waals surface area contributed by atoms with Crippen LogP contribution in [0, 0.1) is 0 Å². The first kappa shape index (κ1) is 12.0. The van der Waals surface area contributed by atoms with Crippen molar-refractivity contribution in [3.05, 3.63) is 34.9 Å². The van der Waals surface area contributed by atoms with E-state index in [2.05, 4.69) is 5.32 Å². The fourth-order valence-corrected chi connectivity index (χ4v) is 1.35. The van der Waals surface area contributed by atoms with Gasteiger partial charge >= 0.3 is 0 Å². The van der Waals surface area contributed by atoms with Crippen molar-refractivity contribution in [2.24, 2.45) is 0 Å². The zero-order valence-electron chi connectivity index (χ0n) is 9.01. The molecule has 0 aliphatic rings. The number of hydrogen-bond acceptors (Lipinski definition) is 1. The molecule has 1 amide bonds. The number of carbonyl (C=O) groups excluding carboxylic acids is 1. The van der Waals surface area contributed by atoms with Crippen LogP contribution in [0.4, 0.5) is 0 Å². The van der Waals surface area contributed by atoms with E-state index in [4.69, 9.17) is 11.6 Å². The third-order valence-electron chi connectivity index (χ3n) is 2.00. The van der Waals surface area contributed by atoms with Crippen LogP contribution < -0.4 is 10.2 Å². The highest BCUT2D eigenvalue weighted by Crippen LogP contribution is 2.10. The third kappa shape index (κ3) is 4.32. The Kier molecular flexibility index (Phi) is 4.59. The molecule has 0 unspecified atom stereocenters. The highest BCUT2D eigenvalue weighted by atomic mass is 35.5. The molecule has 1 aromatic carbocycles. The van der Waals surface area contributed by atoms with Crippen molar-refractivity contribution < 1.29 is 9.69 Å². The lowest BCUT2D eigenvalue weighted by atomic mass is 10.2. The molecule has 1 rings (SSSR count). The molecule has 0 spiro atoms. The summed E-state index contributed by atoms with van der Waals surface area (Å²) >= 11 is 5.79. The summed E-state index contributed by atoms with van der Waals surface area (Å²) in [5.41, 5.74) is 0.608. The number of quaternary nitrogens is 1. The number of nitrogens with one attached hydrogen (secondary N) is 2. The van der Waals surface area contributed by atoms with Gasteiger partial charge in [0.2, 0.25) is 0 Å². The summed E-state index contributed by atoms with van der Waals surface area (Å²) < 4.78 is 0. The Balaban J connectivity index is 2.47. The molecule has 15 heavy (non-hydrogen) atoms.